The molecule has 0 atom stereocenters. The van der Waals surface area contributed by atoms with Gasteiger partial charge in [-0.2, -0.15) is 0 Å². The number of carbonyl (C=O) groups is 1. The zero-order valence-corrected chi connectivity index (χ0v) is 16.7. The molecule has 6 heteroatoms. The lowest BCUT2D eigenvalue weighted by molar-refractivity contribution is 0.0943. The van der Waals surface area contributed by atoms with Crippen molar-refractivity contribution in [3.05, 3.63) is 58.9 Å². The molecular weight excluding hydrogens is 365 g/mol. The van der Waals surface area contributed by atoms with Crippen LogP contribution in [0.2, 0.25) is 0 Å². The number of halogens is 2. The topological polar surface area (TPSA) is 44.4 Å². The Kier molecular flexibility index (Phi) is 7.78. The summed E-state index contributed by atoms with van der Waals surface area (Å²) in [4.78, 5) is 14.6. The second kappa shape index (κ2) is 9.83. The van der Waals surface area contributed by atoms with Gasteiger partial charge in [0.15, 0.2) is 0 Å². The molecule has 0 aromatic heterocycles. The van der Waals surface area contributed by atoms with Crippen molar-refractivity contribution in [1.82, 2.24) is 15.5 Å². The van der Waals surface area contributed by atoms with Crippen LogP contribution in [0, 0.1) is 19.7 Å². The molecule has 2 aromatic rings. The van der Waals surface area contributed by atoms with Crippen LogP contribution in [0.4, 0.5) is 4.39 Å². The van der Waals surface area contributed by atoms with E-state index >= 15 is 0 Å². The standard InChI is InChI=1S/C21H26FN3O.ClH/c1-15-3-4-17(13-16(15)2)18-5-6-19(20(22)14-18)21(26)24-9-12-25-10-7-23-8-11-25;/h3-6,13-14,23H,7-12H2,1-2H3,(H,24,26);1H. The summed E-state index contributed by atoms with van der Waals surface area (Å²) in [6, 6.07) is 10.9. The molecule has 0 bridgehead atoms. The average Bonchev–Trinajstić information content (AvgIpc) is 2.64. The van der Waals surface area contributed by atoms with Crippen LogP contribution in [0.1, 0.15) is 21.5 Å². The van der Waals surface area contributed by atoms with Gasteiger partial charge in [-0.25, -0.2) is 4.39 Å². The van der Waals surface area contributed by atoms with E-state index in [1.54, 1.807) is 12.1 Å². The highest BCUT2D eigenvalue weighted by atomic mass is 35.5. The Bertz CT molecular complexity index is 791. The van der Waals surface area contributed by atoms with Crippen LogP contribution in [0.5, 0.6) is 0 Å². The lowest BCUT2D eigenvalue weighted by Gasteiger charge is -2.27. The first-order chi connectivity index (χ1) is 12.5. The van der Waals surface area contributed by atoms with Crippen molar-refractivity contribution < 1.29 is 9.18 Å². The van der Waals surface area contributed by atoms with Crippen LogP contribution in [0.15, 0.2) is 36.4 Å². The van der Waals surface area contributed by atoms with E-state index in [2.05, 4.69) is 15.5 Å². The van der Waals surface area contributed by atoms with Crippen molar-refractivity contribution in [2.45, 2.75) is 13.8 Å². The maximum Gasteiger partial charge on any atom is 0.254 e. The van der Waals surface area contributed by atoms with E-state index in [9.17, 15) is 9.18 Å². The van der Waals surface area contributed by atoms with Gasteiger partial charge in [0.1, 0.15) is 5.82 Å². The van der Waals surface area contributed by atoms with Crippen molar-refractivity contribution in [3.8, 4) is 11.1 Å². The molecule has 0 radical (unpaired) electrons. The van der Waals surface area contributed by atoms with Crippen molar-refractivity contribution in [2.24, 2.45) is 0 Å². The first-order valence-corrected chi connectivity index (χ1v) is 9.13. The zero-order valence-electron chi connectivity index (χ0n) is 15.8. The van der Waals surface area contributed by atoms with E-state index in [1.165, 1.54) is 11.6 Å². The van der Waals surface area contributed by atoms with Crippen LogP contribution < -0.4 is 10.6 Å². The van der Waals surface area contributed by atoms with Crippen LogP contribution in [0.25, 0.3) is 11.1 Å². The Morgan fingerprint density at radius 1 is 1.07 bits per heavy atom. The summed E-state index contributed by atoms with van der Waals surface area (Å²) in [5.41, 5.74) is 4.20. The molecule has 3 rings (SSSR count). The van der Waals surface area contributed by atoms with Gasteiger partial charge in [0.2, 0.25) is 0 Å². The molecule has 1 fully saturated rings. The van der Waals surface area contributed by atoms with E-state index in [4.69, 9.17) is 0 Å². The highest BCUT2D eigenvalue weighted by Gasteiger charge is 2.14. The Morgan fingerprint density at radius 2 is 1.74 bits per heavy atom. The molecule has 27 heavy (non-hydrogen) atoms. The molecule has 0 saturated carbocycles. The van der Waals surface area contributed by atoms with Crippen LogP contribution in [-0.2, 0) is 0 Å². The molecule has 1 aliphatic heterocycles. The van der Waals surface area contributed by atoms with Gasteiger partial charge in [0.25, 0.3) is 5.91 Å². The fourth-order valence-corrected chi connectivity index (χ4v) is 3.16. The largest absolute Gasteiger partial charge is 0.351 e. The third-order valence-electron chi connectivity index (χ3n) is 4.98. The van der Waals surface area contributed by atoms with Gasteiger partial charge in [0, 0.05) is 39.3 Å². The number of aryl methyl sites for hydroxylation is 2. The number of nitrogens with zero attached hydrogens (tertiary/aromatic N) is 1. The molecule has 0 unspecified atom stereocenters. The minimum Gasteiger partial charge on any atom is -0.351 e. The van der Waals surface area contributed by atoms with Crippen molar-refractivity contribution >= 4 is 18.3 Å². The van der Waals surface area contributed by atoms with Gasteiger partial charge < -0.3 is 10.6 Å². The molecule has 0 spiro atoms. The minimum absolute atomic E-state index is 0. The molecule has 0 aliphatic carbocycles. The summed E-state index contributed by atoms with van der Waals surface area (Å²) in [7, 11) is 0. The second-order valence-electron chi connectivity index (χ2n) is 6.84. The number of rotatable bonds is 5. The van der Waals surface area contributed by atoms with Gasteiger partial charge in [-0.3, -0.25) is 9.69 Å². The predicted molar refractivity (Wildman–Crippen MR) is 110 cm³/mol. The SMILES string of the molecule is Cc1ccc(-c2ccc(C(=O)NCCN3CCNCC3)c(F)c2)cc1C.Cl. The lowest BCUT2D eigenvalue weighted by Crippen LogP contribution is -2.46. The summed E-state index contributed by atoms with van der Waals surface area (Å²) >= 11 is 0. The molecule has 1 saturated heterocycles. The monoisotopic (exact) mass is 391 g/mol. The molecule has 1 aliphatic rings. The predicted octanol–water partition coefficient (Wildman–Crippen LogP) is 3.17. The van der Waals surface area contributed by atoms with Gasteiger partial charge in [-0.15, -0.1) is 12.4 Å². The van der Waals surface area contributed by atoms with E-state index in [0.29, 0.717) is 6.54 Å². The number of benzene rings is 2. The summed E-state index contributed by atoms with van der Waals surface area (Å²) in [6.07, 6.45) is 0. The average molecular weight is 392 g/mol. The maximum atomic E-state index is 14.5. The number of hydrogen-bond donors (Lipinski definition) is 2. The third kappa shape index (κ3) is 5.51. The Morgan fingerprint density at radius 3 is 2.41 bits per heavy atom. The van der Waals surface area contributed by atoms with Crippen molar-refractivity contribution in [2.75, 3.05) is 39.3 Å². The summed E-state index contributed by atoms with van der Waals surface area (Å²) in [5, 5.41) is 6.12. The number of piperazine rings is 1. The smallest absolute Gasteiger partial charge is 0.254 e. The van der Waals surface area contributed by atoms with Gasteiger partial charge in [-0.05, 0) is 48.2 Å². The van der Waals surface area contributed by atoms with Crippen LogP contribution in [-0.4, -0.2) is 50.1 Å². The van der Waals surface area contributed by atoms with Crippen LogP contribution >= 0.6 is 12.4 Å². The van der Waals surface area contributed by atoms with Gasteiger partial charge in [0.05, 0.1) is 5.56 Å². The summed E-state index contributed by atoms with van der Waals surface area (Å²) < 4.78 is 14.5. The first kappa shape index (κ1) is 21.4. The number of amides is 1. The van der Waals surface area contributed by atoms with Gasteiger partial charge in [-0.1, -0.05) is 24.3 Å². The number of hydrogen-bond acceptors (Lipinski definition) is 3. The second-order valence-corrected chi connectivity index (χ2v) is 6.84. The molecule has 2 aromatic carbocycles. The first-order valence-electron chi connectivity index (χ1n) is 9.13. The van der Waals surface area contributed by atoms with Crippen molar-refractivity contribution in [1.29, 1.82) is 0 Å². The summed E-state index contributed by atoms with van der Waals surface area (Å²) in [6.45, 7) is 9.31. The highest BCUT2D eigenvalue weighted by Crippen LogP contribution is 2.24. The Hall–Kier alpha value is -1.95. The van der Waals surface area contributed by atoms with E-state index < -0.39 is 5.82 Å². The Labute approximate surface area is 166 Å². The molecule has 1 amide bonds. The maximum absolute atomic E-state index is 14.5. The third-order valence-corrected chi connectivity index (χ3v) is 4.98. The highest BCUT2D eigenvalue weighted by molar-refractivity contribution is 5.95. The fourth-order valence-electron chi connectivity index (χ4n) is 3.16. The van der Waals surface area contributed by atoms with E-state index in [1.807, 2.05) is 32.0 Å². The molecule has 146 valence electrons. The molecule has 4 nitrogen and oxygen atoms in total. The molecular formula is C21H27ClFN3O. The number of carbonyl (C=O) groups excluding carboxylic acids is 1. The normalized spacial score (nSPS) is 14.5. The molecule has 1 heterocycles. The van der Waals surface area contributed by atoms with Gasteiger partial charge >= 0.3 is 0 Å². The zero-order chi connectivity index (χ0) is 18.5. The number of nitrogens with one attached hydrogen (secondary N) is 2. The summed E-state index contributed by atoms with van der Waals surface area (Å²) in [5.74, 6) is -0.843. The molecule has 2 N–H and O–H groups in total. The minimum atomic E-state index is -0.486. The fraction of sp³-hybridized carbons (Fsp3) is 0.381. The van der Waals surface area contributed by atoms with E-state index in [-0.39, 0.29) is 23.9 Å². The lowest BCUT2D eigenvalue weighted by atomic mass is 9.99. The van der Waals surface area contributed by atoms with E-state index in [0.717, 1.165) is 49.4 Å². The van der Waals surface area contributed by atoms with Crippen LogP contribution in [0.3, 0.4) is 0 Å². The quantitative estimate of drug-likeness (QED) is 0.822. The van der Waals surface area contributed by atoms with Crippen molar-refractivity contribution in [3.63, 3.8) is 0 Å². The Balaban J connectivity index is 0.00000261.